The molecule has 0 aromatic heterocycles. The predicted octanol–water partition coefficient (Wildman–Crippen LogP) is 2.14. The van der Waals surface area contributed by atoms with Gasteiger partial charge in [-0.25, -0.2) is 0 Å². The van der Waals surface area contributed by atoms with E-state index in [1.807, 2.05) is 38.2 Å². The summed E-state index contributed by atoms with van der Waals surface area (Å²) in [6.45, 7) is 3.66. The first kappa shape index (κ1) is 11.6. The van der Waals surface area contributed by atoms with Crippen molar-refractivity contribution < 1.29 is 4.79 Å². The molecule has 0 spiro atoms. The van der Waals surface area contributed by atoms with Gasteiger partial charge in [0.05, 0.1) is 6.54 Å². The van der Waals surface area contributed by atoms with Crippen molar-refractivity contribution in [1.29, 1.82) is 0 Å². The SMILES string of the molecule is C/C=C/C(=O)c1ccc(C2=NCCN2C)cc1. The normalized spacial score (nSPS) is 15.4. The van der Waals surface area contributed by atoms with Crippen LogP contribution in [0, 0.1) is 0 Å². The largest absolute Gasteiger partial charge is 0.358 e. The lowest BCUT2D eigenvalue weighted by Gasteiger charge is -2.13. The molecule has 0 radical (unpaired) electrons. The predicted molar refractivity (Wildman–Crippen MR) is 69.6 cm³/mol. The van der Waals surface area contributed by atoms with Crippen LogP contribution in [-0.4, -0.2) is 36.7 Å². The Morgan fingerprint density at radius 1 is 1.35 bits per heavy atom. The Balaban J connectivity index is 2.21. The zero-order chi connectivity index (χ0) is 12.3. The van der Waals surface area contributed by atoms with Crippen molar-refractivity contribution in [3.8, 4) is 0 Å². The van der Waals surface area contributed by atoms with Crippen molar-refractivity contribution in [2.45, 2.75) is 6.92 Å². The van der Waals surface area contributed by atoms with Crippen molar-refractivity contribution in [3.05, 3.63) is 47.5 Å². The molecule has 0 saturated carbocycles. The summed E-state index contributed by atoms with van der Waals surface area (Å²) < 4.78 is 0. The van der Waals surface area contributed by atoms with Gasteiger partial charge in [-0.2, -0.15) is 0 Å². The van der Waals surface area contributed by atoms with Crippen LogP contribution in [0.1, 0.15) is 22.8 Å². The first-order valence-electron chi connectivity index (χ1n) is 5.75. The maximum atomic E-state index is 11.6. The molecule has 1 aliphatic heterocycles. The maximum absolute atomic E-state index is 11.6. The highest BCUT2D eigenvalue weighted by Gasteiger charge is 2.14. The smallest absolute Gasteiger partial charge is 0.185 e. The van der Waals surface area contributed by atoms with Crippen molar-refractivity contribution >= 4 is 11.6 Å². The van der Waals surface area contributed by atoms with Gasteiger partial charge in [-0.05, 0) is 13.0 Å². The van der Waals surface area contributed by atoms with Gasteiger partial charge in [-0.15, -0.1) is 0 Å². The summed E-state index contributed by atoms with van der Waals surface area (Å²) in [6, 6.07) is 7.62. The third kappa shape index (κ3) is 2.44. The summed E-state index contributed by atoms with van der Waals surface area (Å²) in [7, 11) is 2.03. The molecule has 1 aliphatic rings. The van der Waals surface area contributed by atoms with Crippen LogP contribution in [0.4, 0.5) is 0 Å². The van der Waals surface area contributed by atoms with Crippen LogP contribution < -0.4 is 0 Å². The number of carbonyl (C=O) groups excluding carboxylic acids is 1. The number of hydrogen-bond donors (Lipinski definition) is 0. The summed E-state index contributed by atoms with van der Waals surface area (Å²) in [5.74, 6) is 1.05. The lowest BCUT2D eigenvalue weighted by Crippen LogP contribution is -2.23. The zero-order valence-corrected chi connectivity index (χ0v) is 10.2. The Labute approximate surface area is 101 Å². The molecule has 88 valence electrons. The number of carbonyl (C=O) groups is 1. The standard InChI is InChI=1S/C14H16N2O/c1-3-4-13(17)11-5-7-12(8-6-11)14-15-9-10-16(14)2/h3-8H,9-10H2,1-2H3/b4-3+. The lowest BCUT2D eigenvalue weighted by molar-refractivity contribution is 0.104. The average molecular weight is 228 g/mol. The molecule has 1 aromatic rings. The second-order valence-electron chi connectivity index (χ2n) is 4.07. The van der Waals surface area contributed by atoms with Gasteiger partial charge in [-0.1, -0.05) is 30.3 Å². The fourth-order valence-electron chi connectivity index (χ4n) is 1.88. The number of allylic oxidation sites excluding steroid dienone is 2. The van der Waals surface area contributed by atoms with Crippen molar-refractivity contribution in [2.24, 2.45) is 4.99 Å². The summed E-state index contributed by atoms with van der Waals surface area (Å²) in [6.07, 6.45) is 3.33. The summed E-state index contributed by atoms with van der Waals surface area (Å²) >= 11 is 0. The number of ketones is 1. The van der Waals surface area contributed by atoms with E-state index in [0.29, 0.717) is 5.56 Å². The Kier molecular flexibility index (Phi) is 3.38. The molecule has 1 aromatic carbocycles. The highest BCUT2D eigenvalue weighted by molar-refractivity contribution is 6.05. The van der Waals surface area contributed by atoms with E-state index in [1.54, 1.807) is 12.2 Å². The molecule has 0 N–H and O–H groups in total. The first-order chi connectivity index (χ1) is 8.22. The fourth-order valence-corrected chi connectivity index (χ4v) is 1.88. The van der Waals surface area contributed by atoms with E-state index in [0.717, 1.165) is 24.5 Å². The van der Waals surface area contributed by atoms with E-state index in [9.17, 15) is 4.79 Å². The van der Waals surface area contributed by atoms with E-state index in [1.165, 1.54) is 0 Å². The van der Waals surface area contributed by atoms with E-state index in [4.69, 9.17) is 0 Å². The molecule has 2 rings (SSSR count). The molecule has 0 amide bonds. The Morgan fingerprint density at radius 3 is 2.59 bits per heavy atom. The van der Waals surface area contributed by atoms with Crippen LogP contribution >= 0.6 is 0 Å². The number of amidine groups is 1. The van der Waals surface area contributed by atoms with Crippen LogP contribution in [0.15, 0.2) is 41.4 Å². The molecule has 0 aliphatic carbocycles. The second-order valence-corrected chi connectivity index (χ2v) is 4.07. The fraction of sp³-hybridized carbons (Fsp3) is 0.286. The van der Waals surface area contributed by atoms with Crippen LogP contribution in [-0.2, 0) is 0 Å². The van der Waals surface area contributed by atoms with Crippen LogP contribution in [0.5, 0.6) is 0 Å². The quantitative estimate of drug-likeness (QED) is 0.586. The minimum Gasteiger partial charge on any atom is -0.358 e. The number of rotatable bonds is 3. The highest BCUT2D eigenvalue weighted by Crippen LogP contribution is 2.11. The molecule has 3 nitrogen and oxygen atoms in total. The van der Waals surface area contributed by atoms with Gasteiger partial charge in [0.25, 0.3) is 0 Å². The third-order valence-electron chi connectivity index (χ3n) is 2.80. The Bertz CT molecular complexity index is 472. The Hall–Kier alpha value is -1.90. The Morgan fingerprint density at radius 2 is 2.06 bits per heavy atom. The number of nitrogens with zero attached hydrogens (tertiary/aromatic N) is 2. The lowest BCUT2D eigenvalue weighted by atomic mass is 10.1. The summed E-state index contributed by atoms with van der Waals surface area (Å²) in [5.41, 5.74) is 1.79. The zero-order valence-electron chi connectivity index (χ0n) is 10.2. The van der Waals surface area contributed by atoms with E-state index in [2.05, 4.69) is 9.89 Å². The molecule has 3 heteroatoms. The number of hydrogen-bond acceptors (Lipinski definition) is 3. The van der Waals surface area contributed by atoms with Gasteiger partial charge in [0.1, 0.15) is 5.84 Å². The van der Waals surface area contributed by atoms with Crippen molar-refractivity contribution in [2.75, 3.05) is 20.1 Å². The molecule has 1 heterocycles. The van der Waals surface area contributed by atoms with Gasteiger partial charge in [0.15, 0.2) is 5.78 Å². The van der Waals surface area contributed by atoms with Crippen LogP contribution in [0.2, 0.25) is 0 Å². The molecule has 0 atom stereocenters. The number of likely N-dealkylation sites (N-methyl/N-ethyl adjacent to an activating group) is 1. The minimum atomic E-state index is 0.0424. The average Bonchev–Trinajstić information content (AvgIpc) is 2.76. The molecule has 0 bridgehead atoms. The third-order valence-corrected chi connectivity index (χ3v) is 2.80. The summed E-state index contributed by atoms with van der Waals surface area (Å²) in [4.78, 5) is 18.2. The maximum Gasteiger partial charge on any atom is 0.185 e. The number of benzene rings is 1. The highest BCUT2D eigenvalue weighted by atomic mass is 16.1. The molecular formula is C14H16N2O. The van der Waals surface area contributed by atoms with E-state index in [-0.39, 0.29) is 5.78 Å². The molecule has 0 saturated heterocycles. The van der Waals surface area contributed by atoms with Gasteiger partial charge in [0.2, 0.25) is 0 Å². The second kappa shape index (κ2) is 4.95. The van der Waals surface area contributed by atoms with E-state index >= 15 is 0 Å². The topological polar surface area (TPSA) is 32.7 Å². The molecular weight excluding hydrogens is 212 g/mol. The van der Waals surface area contributed by atoms with Crippen molar-refractivity contribution in [3.63, 3.8) is 0 Å². The van der Waals surface area contributed by atoms with Gasteiger partial charge in [-0.3, -0.25) is 9.79 Å². The van der Waals surface area contributed by atoms with Gasteiger partial charge in [0, 0.05) is 24.7 Å². The molecule has 0 fully saturated rings. The number of aliphatic imine (C=N–C) groups is 1. The van der Waals surface area contributed by atoms with Crippen LogP contribution in [0.3, 0.4) is 0 Å². The monoisotopic (exact) mass is 228 g/mol. The van der Waals surface area contributed by atoms with Crippen molar-refractivity contribution in [1.82, 2.24) is 4.90 Å². The van der Waals surface area contributed by atoms with E-state index < -0.39 is 0 Å². The molecule has 0 unspecified atom stereocenters. The minimum absolute atomic E-state index is 0.0424. The first-order valence-corrected chi connectivity index (χ1v) is 5.75. The van der Waals surface area contributed by atoms with Crippen LogP contribution in [0.25, 0.3) is 0 Å². The van der Waals surface area contributed by atoms with Gasteiger partial charge >= 0.3 is 0 Å². The molecule has 17 heavy (non-hydrogen) atoms. The summed E-state index contributed by atoms with van der Waals surface area (Å²) in [5, 5.41) is 0. The van der Waals surface area contributed by atoms with Gasteiger partial charge < -0.3 is 4.90 Å².